The van der Waals surface area contributed by atoms with E-state index in [4.69, 9.17) is 21.0 Å². The van der Waals surface area contributed by atoms with Crippen molar-refractivity contribution in [2.75, 3.05) is 0 Å². The lowest BCUT2D eigenvalue weighted by atomic mass is 9.89. The summed E-state index contributed by atoms with van der Waals surface area (Å²) >= 11 is 0. The Hall–Kier alpha value is -2.04. The van der Waals surface area contributed by atoms with E-state index in [-0.39, 0.29) is 11.3 Å². The summed E-state index contributed by atoms with van der Waals surface area (Å²) in [5.74, 6) is -0.553. The number of nitrogens with two attached hydrogens (primary N) is 1. The van der Waals surface area contributed by atoms with E-state index in [0.29, 0.717) is 17.7 Å². The molecule has 0 radical (unpaired) electrons. The number of ether oxygens (including phenoxy) is 1. The van der Waals surface area contributed by atoms with Gasteiger partial charge in [0.2, 0.25) is 0 Å². The first kappa shape index (κ1) is 15.0. The van der Waals surface area contributed by atoms with Crippen molar-refractivity contribution >= 4 is 11.8 Å². The standard InChI is InChI=1S/C14H20N2O3/c1-14(2,3)8-11(13(17)18)19-10-6-4-9(5-7-10)12(15)16/h4-7,11H,8H2,1-3H3,(H3,15,16)(H,17,18)/t11-/m0/s1. The van der Waals surface area contributed by atoms with Crippen molar-refractivity contribution in [1.82, 2.24) is 0 Å². The third-order valence-electron chi connectivity index (χ3n) is 2.52. The number of rotatable bonds is 5. The molecule has 0 heterocycles. The molecule has 0 aliphatic heterocycles. The average Bonchev–Trinajstić information content (AvgIpc) is 2.27. The van der Waals surface area contributed by atoms with Crippen LogP contribution >= 0.6 is 0 Å². The number of hydrogen-bond acceptors (Lipinski definition) is 3. The zero-order chi connectivity index (χ0) is 14.6. The van der Waals surface area contributed by atoms with Crippen molar-refractivity contribution in [3.05, 3.63) is 29.8 Å². The number of aliphatic carboxylic acids is 1. The Kier molecular flexibility index (Phi) is 4.53. The maximum atomic E-state index is 11.2. The van der Waals surface area contributed by atoms with E-state index in [1.54, 1.807) is 24.3 Å². The van der Waals surface area contributed by atoms with E-state index in [0.717, 1.165) is 0 Å². The lowest BCUT2D eigenvalue weighted by Crippen LogP contribution is -2.31. The van der Waals surface area contributed by atoms with Gasteiger partial charge in [-0.3, -0.25) is 5.41 Å². The van der Waals surface area contributed by atoms with Gasteiger partial charge in [-0.25, -0.2) is 4.79 Å². The highest BCUT2D eigenvalue weighted by atomic mass is 16.5. The van der Waals surface area contributed by atoms with Gasteiger partial charge < -0.3 is 15.6 Å². The molecule has 5 nitrogen and oxygen atoms in total. The molecular formula is C14H20N2O3. The SMILES string of the molecule is CC(C)(C)C[C@H](Oc1ccc(C(=N)N)cc1)C(=O)O. The summed E-state index contributed by atoms with van der Waals surface area (Å²) in [7, 11) is 0. The summed E-state index contributed by atoms with van der Waals surface area (Å²) in [6, 6.07) is 6.51. The van der Waals surface area contributed by atoms with Crippen molar-refractivity contribution in [2.45, 2.75) is 33.3 Å². The van der Waals surface area contributed by atoms with Gasteiger partial charge in [0.15, 0.2) is 6.10 Å². The average molecular weight is 264 g/mol. The number of benzene rings is 1. The van der Waals surface area contributed by atoms with Crippen molar-refractivity contribution in [3.8, 4) is 5.75 Å². The number of carboxylic acid groups (broad SMARTS) is 1. The lowest BCUT2D eigenvalue weighted by Gasteiger charge is -2.24. The Morgan fingerprint density at radius 1 is 1.37 bits per heavy atom. The third kappa shape index (κ3) is 4.99. The van der Waals surface area contributed by atoms with Gasteiger partial charge in [0.25, 0.3) is 0 Å². The van der Waals surface area contributed by atoms with E-state index in [2.05, 4.69) is 0 Å². The molecule has 104 valence electrons. The summed E-state index contributed by atoms with van der Waals surface area (Å²) in [5, 5.41) is 16.4. The molecule has 0 bridgehead atoms. The fourth-order valence-corrected chi connectivity index (χ4v) is 1.61. The zero-order valence-corrected chi connectivity index (χ0v) is 11.4. The summed E-state index contributed by atoms with van der Waals surface area (Å²) in [5.41, 5.74) is 5.79. The molecule has 0 aliphatic rings. The van der Waals surface area contributed by atoms with Crippen LogP contribution in [0.2, 0.25) is 0 Å². The molecule has 1 aromatic carbocycles. The molecule has 5 heteroatoms. The smallest absolute Gasteiger partial charge is 0.344 e. The van der Waals surface area contributed by atoms with Gasteiger partial charge >= 0.3 is 5.97 Å². The molecule has 0 amide bonds. The van der Waals surface area contributed by atoms with Gasteiger partial charge in [-0.2, -0.15) is 0 Å². The molecule has 1 atom stereocenters. The van der Waals surface area contributed by atoms with Crippen molar-refractivity contribution < 1.29 is 14.6 Å². The summed E-state index contributed by atoms with van der Waals surface area (Å²) < 4.78 is 5.48. The van der Waals surface area contributed by atoms with Crippen LogP contribution in [-0.4, -0.2) is 23.0 Å². The largest absolute Gasteiger partial charge is 0.479 e. The van der Waals surface area contributed by atoms with Crippen LogP contribution in [0.25, 0.3) is 0 Å². The van der Waals surface area contributed by atoms with Gasteiger partial charge in [0.05, 0.1) is 0 Å². The van der Waals surface area contributed by atoms with Crippen LogP contribution in [0.5, 0.6) is 5.75 Å². The Balaban J connectivity index is 2.79. The second kappa shape index (κ2) is 5.73. The highest BCUT2D eigenvalue weighted by Crippen LogP contribution is 2.24. The monoisotopic (exact) mass is 264 g/mol. The second-order valence-corrected chi connectivity index (χ2v) is 5.65. The fraction of sp³-hybridized carbons (Fsp3) is 0.429. The fourth-order valence-electron chi connectivity index (χ4n) is 1.61. The number of amidine groups is 1. The predicted octanol–water partition coefficient (Wildman–Crippen LogP) is 2.24. The molecule has 0 saturated carbocycles. The molecular weight excluding hydrogens is 244 g/mol. The predicted molar refractivity (Wildman–Crippen MR) is 73.6 cm³/mol. The molecule has 0 aromatic heterocycles. The Labute approximate surface area is 112 Å². The van der Waals surface area contributed by atoms with E-state index < -0.39 is 12.1 Å². The molecule has 0 fully saturated rings. The van der Waals surface area contributed by atoms with Crippen LogP contribution in [0, 0.1) is 10.8 Å². The van der Waals surface area contributed by atoms with E-state index in [1.807, 2.05) is 20.8 Å². The van der Waals surface area contributed by atoms with E-state index in [9.17, 15) is 4.79 Å². The maximum absolute atomic E-state index is 11.2. The molecule has 0 unspecified atom stereocenters. The van der Waals surface area contributed by atoms with Crippen molar-refractivity contribution in [1.29, 1.82) is 5.41 Å². The van der Waals surface area contributed by atoms with Crippen LogP contribution in [0.4, 0.5) is 0 Å². The minimum atomic E-state index is -0.981. The number of carbonyl (C=O) groups is 1. The van der Waals surface area contributed by atoms with Crippen LogP contribution in [0.1, 0.15) is 32.8 Å². The van der Waals surface area contributed by atoms with Crippen LogP contribution < -0.4 is 10.5 Å². The first-order valence-corrected chi connectivity index (χ1v) is 6.03. The van der Waals surface area contributed by atoms with E-state index in [1.165, 1.54) is 0 Å². The highest BCUT2D eigenvalue weighted by Gasteiger charge is 2.26. The molecule has 1 aromatic rings. The molecule has 4 N–H and O–H groups in total. The zero-order valence-electron chi connectivity index (χ0n) is 11.4. The number of nitrogen functional groups attached to an aromatic ring is 1. The first-order valence-electron chi connectivity index (χ1n) is 6.03. The molecule has 19 heavy (non-hydrogen) atoms. The Morgan fingerprint density at radius 2 is 1.89 bits per heavy atom. The first-order chi connectivity index (χ1) is 8.69. The van der Waals surface area contributed by atoms with Crippen LogP contribution in [0.3, 0.4) is 0 Å². The van der Waals surface area contributed by atoms with Gasteiger partial charge in [0, 0.05) is 12.0 Å². The van der Waals surface area contributed by atoms with Crippen LogP contribution in [-0.2, 0) is 4.79 Å². The molecule has 0 saturated heterocycles. The van der Waals surface area contributed by atoms with Gasteiger partial charge in [-0.05, 0) is 29.7 Å². The van der Waals surface area contributed by atoms with E-state index >= 15 is 0 Å². The van der Waals surface area contributed by atoms with Crippen LogP contribution in [0.15, 0.2) is 24.3 Å². The normalized spacial score (nSPS) is 12.8. The summed E-state index contributed by atoms with van der Waals surface area (Å²) in [6.45, 7) is 5.89. The maximum Gasteiger partial charge on any atom is 0.344 e. The molecule has 0 spiro atoms. The summed E-state index contributed by atoms with van der Waals surface area (Å²) in [4.78, 5) is 11.2. The number of carboxylic acids is 1. The van der Waals surface area contributed by atoms with Gasteiger partial charge in [-0.15, -0.1) is 0 Å². The quantitative estimate of drug-likeness (QED) is 0.561. The second-order valence-electron chi connectivity index (χ2n) is 5.65. The third-order valence-corrected chi connectivity index (χ3v) is 2.52. The highest BCUT2D eigenvalue weighted by molar-refractivity contribution is 5.94. The minimum absolute atomic E-state index is 0.0315. The molecule has 1 rings (SSSR count). The number of nitrogens with one attached hydrogen (secondary N) is 1. The minimum Gasteiger partial charge on any atom is -0.479 e. The van der Waals surface area contributed by atoms with Gasteiger partial charge in [-0.1, -0.05) is 20.8 Å². The Bertz CT molecular complexity index is 461. The van der Waals surface area contributed by atoms with Gasteiger partial charge in [0.1, 0.15) is 11.6 Å². The van der Waals surface area contributed by atoms with Crippen molar-refractivity contribution in [3.63, 3.8) is 0 Å². The lowest BCUT2D eigenvalue weighted by molar-refractivity contribution is -0.146. The molecule has 0 aliphatic carbocycles. The topological polar surface area (TPSA) is 96.4 Å². The summed E-state index contributed by atoms with van der Waals surface area (Å²) in [6.07, 6.45) is -0.472. The van der Waals surface area contributed by atoms with Crippen molar-refractivity contribution in [2.24, 2.45) is 11.1 Å². The Morgan fingerprint density at radius 3 is 2.26 bits per heavy atom. The number of hydrogen-bond donors (Lipinski definition) is 3.